The number of benzene rings is 2. The second kappa shape index (κ2) is 7.58. The van der Waals surface area contributed by atoms with E-state index in [0.717, 1.165) is 46.9 Å². The number of ether oxygens (including phenoxy) is 1. The van der Waals surface area contributed by atoms with Gasteiger partial charge in [0.2, 0.25) is 0 Å². The fourth-order valence-electron chi connectivity index (χ4n) is 3.89. The van der Waals surface area contributed by atoms with Crippen LogP contribution >= 0.6 is 0 Å². The number of hydrogen-bond acceptors (Lipinski definition) is 3. The van der Waals surface area contributed by atoms with Gasteiger partial charge in [-0.1, -0.05) is 6.92 Å². The summed E-state index contributed by atoms with van der Waals surface area (Å²) in [6.45, 7) is 6.48. The molecule has 2 heterocycles. The molecule has 1 aliphatic rings. The number of piperidine rings is 1. The van der Waals surface area contributed by atoms with E-state index in [0.29, 0.717) is 5.69 Å². The van der Waals surface area contributed by atoms with Gasteiger partial charge in [0.05, 0.1) is 7.11 Å². The van der Waals surface area contributed by atoms with Gasteiger partial charge in [-0.3, -0.25) is 4.79 Å². The third-order valence-electron chi connectivity index (χ3n) is 5.77. The van der Waals surface area contributed by atoms with Crippen LogP contribution in [-0.4, -0.2) is 31.1 Å². The SMILES string of the molecule is COc1ccc2c(C)c(C(=O)Nc3ccc(N4CCC(C)CC4)cc3)[nH]c2c1. The van der Waals surface area contributed by atoms with E-state index in [-0.39, 0.29) is 5.91 Å². The van der Waals surface area contributed by atoms with Gasteiger partial charge in [-0.25, -0.2) is 0 Å². The van der Waals surface area contributed by atoms with Crippen molar-refractivity contribution in [2.45, 2.75) is 26.7 Å². The molecule has 146 valence electrons. The van der Waals surface area contributed by atoms with E-state index < -0.39 is 0 Å². The van der Waals surface area contributed by atoms with Crippen LogP contribution in [0.5, 0.6) is 5.75 Å². The Labute approximate surface area is 165 Å². The number of fused-ring (bicyclic) bond motifs is 1. The summed E-state index contributed by atoms with van der Waals surface area (Å²) in [5.41, 5.74) is 4.44. The Morgan fingerprint density at radius 3 is 2.54 bits per heavy atom. The van der Waals surface area contributed by atoms with Crippen LogP contribution in [0.4, 0.5) is 11.4 Å². The van der Waals surface area contributed by atoms with E-state index in [2.05, 4.69) is 34.3 Å². The monoisotopic (exact) mass is 377 g/mol. The highest BCUT2D eigenvalue weighted by atomic mass is 16.5. The van der Waals surface area contributed by atoms with Crippen molar-refractivity contribution in [1.82, 2.24) is 4.98 Å². The number of methoxy groups -OCH3 is 1. The van der Waals surface area contributed by atoms with Gasteiger partial charge in [-0.15, -0.1) is 0 Å². The summed E-state index contributed by atoms with van der Waals surface area (Å²) in [6, 6.07) is 13.9. The second-order valence-electron chi connectivity index (χ2n) is 7.71. The van der Waals surface area contributed by atoms with Gasteiger partial charge >= 0.3 is 0 Å². The van der Waals surface area contributed by atoms with Gasteiger partial charge in [0.1, 0.15) is 11.4 Å². The van der Waals surface area contributed by atoms with E-state index in [4.69, 9.17) is 4.74 Å². The van der Waals surface area contributed by atoms with Crippen molar-refractivity contribution in [2.24, 2.45) is 5.92 Å². The number of rotatable bonds is 4. The van der Waals surface area contributed by atoms with E-state index in [9.17, 15) is 4.79 Å². The van der Waals surface area contributed by atoms with Crippen LogP contribution in [0.25, 0.3) is 10.9 Å². The minimum Gasteiger partial charge on any atom is -0.497 e. The summed E-state index contributed by atoms with van der Waals surface area (Å²) in [6.07, 6.45) is 2.48. The van der Waals surface area contributed by atoms with Gasteiger partial charge in [0.15, 0.2) is 0 Å². The smallest absolute Gasteiger partial charge is 0.272 e. The van der Waals surface area contributed by atoms with Crippen LogP contribution in [0.3, 0.4) is 0 Å². The lowest BCUT2D eigenvalue weighted by Crippen LogP contribution is -2.32. The number of anilines is 2. The molecule has 2 aromatic carbocycles. The first-order chi connectivity index (χ1) is 13.5. The maximum Gasteiger partial charge on any atom is 0.272 e. The summed E-state index contributed by atoms with van der Waals surface area (Å²) >= 11 is 0. The molecule has 3 aromatic rings. The summed E-state index contributed by atoms with van der Waals surface area (Å²) in [7, 11) is 1.64. The number of carbonyl (C=O) groups excluding carboxylic acids is 1. The number of hydrogen-bond donors (Lipinski definition) is 2. The highest BCUT2D eigenvalue weighted by molar-refractivity contribution is 6.08. The molecule has 0 bridgehead atoms. The molecule has 5 nitrogen and oxygen atoms in total. The summed E-state index contributed by atoms with van der Waals surface area (Å²) in [4.78, 5) is 18.4. The predicted octanol–water partition coefficient (Wildman–Crippen LogP) is 4.97. The zero-order valence-corrected chi connectivity index (χ0v) is 16.7. The van der Waals surface area contributed by atoms with Crippen molar-refractivity contribution in [3.05, 3.63) is 53.7 Å². The van der Waals surface area contributed by atoms with E-state index in [1.54, 1.807) is 7.11 Å². The first-order valence-corrected chi connectivity index (χ1v) is 9.88. The number of amides is 1. The fraction of sp³-hybridized carbons (Fsp3) is 0.348. The average Bonchev–Trinajstić information content (AvgIpc) is 3.05. The Balaban J connectivity index is 1.49. The topological polar surface area (TPSA) is 57.4 Å². The molecule has 1 saturated heterocycles. The Hall–Kier alpha value is -2.95. The minimum absolute atomic E-state index is 0.132. The van der Waals surface area contributed by atoms with Crippen LogP contribution in [0.2, 0.25) is 0 Å². The predicted molar refractivity (Wildman–Crippen MR) is 115 cm³/mol. The Morgan fingerprint density at radius 1 is 1.14 bits per heavy atom. The maximum absolute atomic E-state index is 12.8. The lowest BCUT2D eigenvalue weighted by atomic mass is 9.99. The van der Waals surface area contributed by atoms with E-state index >= 15 is 0 Å². The molecule has 0 spiro atoms. The molecule has 28 heavy (non-hydrogen) atoms. The average molecular weight is 377 g/mol. The summed E-state index contributed by atoms with van der Waals surface area (Å²) < 4.78 is 5.27. The van der Waals surface area contributed by atoms with E-state index in [1.807, 2.05) is 37.3 Å². The van der Waals surface area contributed by atoms with Crippen molar-refractivity contribution in [1.29, 1.82) is 0 Å². The largest absolute Gasteiger partial charge is 0.497 e. The zero-order chi connectivity index (χ0) is 19.7. The first kappa shape index (κ1) is 18.4. The molecule has 0 aliphatic carbocycles. The van der Waals surface area contributed by atoms with Gasteiger partial charge < -0.3 is 19.9 Å². The third-order valence-corrected chi connectivity index (χ3v) is 5.77. The molecule has 1 amide bonds. The standard InChI is InChI=1S/C23H27N3O2/c1-15-10-12-26(13-11-15)18-6-4-17(5-7-18)24-23(27)22-16(2)20-9-8-19(28-3)14-21(20)25-22/h4-9,14-15,25H,10-13H2,1-3H3,(H,24,27). The number of aromatic amines is 1. The number of aromatic nitrogens is 1. The van der Waals surface area contributed by atoms with Gasteiger partial charge in [-0.2, -0.15) is 0 Å². The molecule has 0 radical (unpaired) electrons. The quantitative estimate of drug-likeness (QED) is 0.675. The summed E-state index contributed by atoms with van der Waals surface area (Å²) in [5, 5.41) is 4.03. The Kier molecular flexibility index (Phi) is 4.99. The van der Waals surface area contributed by atoms with Crippen LogP contribution in [0, 0.1) is 12.8 Å². The Bertz CT molecular complexity index is 983. The Morgan fingerprint density at radius 2 is 1.86 bits per heavy atom. The maximum atomic E-state index is 12.8. The molecule has 5 heteroatoms. The molecule has 0 saturated carbocycles. The molecule has 1 aromatic heterocycles. The fourth-order valence-corrected chi connectivity index (χ4v) is 3.89. The highest BCUT2D eigenvalue weighted by Crippen LogP contribution is 2.27. The molecule has 1 aliphatic heterocycles. The zero-order valence-electron chi connectivity index (χ0n) is 16.7. The van der Waals surface area contributed by atoms with Crippen molar-refractivity contribution in [2.75, 3.05) is 30.4 Å². The molecule has 0 unspecified atom stereocenters. The van der Waals surface area contributed by atoms with Gasteiger partial charge in [0, 0.05) is 41.4 Å². The third kappa shape index (κ3) is 3.57. The normalized spacial score (nSPS) is 15.0. The van der Waals surface area contributed by atoms with Crippen molar-refractivity contribution in [3.63, 3.8) is 0 Å². The molecular weight excluding hydrogens is 350 g/mol. The lowest BCUT2D eigenvalue weighted by molar-refractivity contribution is 0.102. The molecule has 2 N–H and O–H groups in total. The minimum atomic E-state index is -0.132. The first-order valence-electron chi connectivity index (χ1n) is 9.88. The molecule has 1 fully saturated rings. The van der Waals surface area contributed by atoms with Crippen molar-refractivity contribution >= 4 is 28.2 Å². The summed E-state index contributed by atoms with van der Waals surface area (Å²) in [5.74, 6) is 1.45. The second-order valence-corrected chi connectivity index (χ2v) is 7.71. The number of nitrogens with zero attached hydrogens (tertiary/aromatic N) is 1. The molecule has 0 atom stereocenters. The van der Waals surface area contributed by atoms with Crippen LogP contribution in [-0.2, 0) is 0 Å². The number of nitrogens with one attached hydrogen (secondary N) is 2. The van der Waals surface area contributed by atoms with Crippen LogP contribution in [0.1, 0.15) is 35.8 Å². The van der Waals surface area contributed by atoms with Gasteiger partial charge in [-0.05, 0) is 67.6 Å². The van der Waals surface area contributed by atoms with Crippen molar-refractivity contribution < 1.29 is 9.53 Å². The number of carbonyl (C=O) groups is 1. The van der Waals surface area contributed by atoms with Crippen LogP contribution in [0.15, 0.2) is 42.5 Å². The van der Waals surface area contributed by atoms with Crippen LogP contribution < -0.4 is 15.0 Å². The van der Waals surface area contributed by atoms with Crippen molar-refractivity contribution in [3.8, 4) is 5.75 Å². The number of H-pyrrole nitrogens is 1. The number of aryl methyl sites for hydroxylation is 1. The van der Waals surface area contributed by atoms with E-state index in [1.165, 1.54) is 18.5 Å². The highest BCUT2D eigenvalue weighted by Gasteiger charge is 2.17. The molecule has 4 rings (SSSR count). The van der Waals surface area contributed by atoms with Gasteiger partial charge in [0.25, 0.3) is 5.91 Å². The lowest BCUT2D eigenvalue weighted by Gasteiger charge is -2.32. The molecular formula is C23H27N3O2.